The van der Waals surface area contributed by atoms with E-state index in [0.717, 1.165) is 12.5 Å². The Labute approximate surface area is 104 Å². The molecule has 0 spiro atoms. The first-order chi connectivity index (χ1) is 8.38. The van der Waals surface area contributed by atoms with E-state index in [9.17, 15) is 13.5 Å². The molecule has 0 heterocycles. The molecule has 0 aromatic heterocycles. The van der Waals surface area contributed by atoms with Crippen molar-refractivity contribution in [2.75, 3.05) is 11.6 Å². The van der Waals surface area contributed by atoms with Crippen LogP contribution in [0.3, 0.4) is 0 Å². The van der Waals surface area contributed by atoms with Crippen molar-refractivity contribution >= 4 is 15.5 Å². The van der Waals surface area contributed by atoms with Crippen molar-refractivity contribution < 1.29 is 13.5 Å². The number of hydrogen-bond donors (Lipinski definition) is 2. The number of rotatable bonds is 3. The summed E-state index contributed by atoms with van der Waals surface area (Å²) in [4.78, 5) is 0.0201. The number of hydrogen-bond acceptors (Lipinski definition) is 6. The molecule has 0 bridgehead atoms. The molecule has 1 rings (SSSR count). The minimum Gasteiger partial charge on any atom is -0.506 e. The molecule has 2 N–H and O–H groups in total. The van der Waals surface area contributed by atoms with Gasteiger partial charge in [0.05, 0.1) is 10.6 Å². The third-order valence-electron chi connectivity index (χ3n) is 2.01. The number of nitrogens with zero attached hydrogens (tertiary/aromatic N) is 2. The van der Waals surface area contributed by atoms with Gasteiger partial charge in [-0.3, -0.25) is 0 Å². The Morgan fingerprint density at radius 2 is 2.00 bits per heavy atom. The second kappa shape index (κ2) is 5.21. The van der Waals surface area contributed by atoms with E-state index in [4.69, 9.17) is 10.5 Å². The smallest absolute Gasteiger partial charge is 0.175 e. The molecule has 0 unspecified atom stereocenters. The zero-order valence-electron chi connectivity index (χ0n) is 9.38. The Hall–Kier alpha value is -2.51. The van der Waals surface area contributed by atoms with Crippen LogP contribution in [0.1, 0.15) is 0 Å². The second-order valence-corrected chi connectivity index (χ2v) is 5.39. The van der Waals surface area contributed by atoms with Gasteiger partial charge in [-0.2, -0.15) is 10.5 Å². The van der Waals surface area contributed by atoms with Crippen molar-refractivity contribution in [3.05, 3.63) is 30.0 Å². The predicted molar refractivity (Wildman–Crippen MR) is 64.1 cm³/mol. The number of phenols is 1. The highest BCUT2D eigenvalue weighted by molar-refractivity contribution is 7.90. The highest BCUT2D eigenvalue weighted by atomic mass is 32.2. The van der Waals surface area contributed by atoms with Gasteiger partial charge in [-0.15, -0.1) is 0 Å². The van der Waals surface area contributed by atoms with Crippen molar-refractivity contribution in [1.29, 1.82) is 10.5 Å². The van der Waals surface area contributed by atoms with E-state index in [-0.39, 0.29) is 21.9 Å². The number of nitriles is 2. The number of phenolic OH excluding ortho intramolecular Hbond substituents is 1. The van der Waals surface area contributed by atoms with Crippen LogP contribution in [0.2, 0.25) is 0 Å². The largest absolute Gasteiger partial charge is 0.506 e. The molecule has 0 atom stereocenters. The predicted octanol–water partition coefficient (Wildman–Crippen LogP) is 1.14. The molecule has 7 heteroatoms. The molecule has 1 aromatic rings. The molecule has 0 amide bonds. The van der Waals surface area contributed by atoms with Gasteiger partial charge in [-0.05, 0) is 18.2 Å². The van der Waals surface area contributed by atoms with Crippen LogP contribution >= 0.6 is 0 Å². The average molecular weight is 263 g/mol. The Balaban J connectivity index is 3.16. The summed E-state index contributed by atoms with van der Waals surface area (Å²) in [5.41, 5.74) is -0.0971. The molecule has 0 aliphatic heterocycles. The maximum atomic E-state index is 11.3. The minimum atomic E-state index is -3.39. The topological polar surface area (TPSA) is 114 Å². The molecule has 0 saturated heterocycles. The molecule has 0 saturated carbocycles. The number of benzene rings is 1. The summed E-state index contributed by atoms with van der Waals surface area (Å²) >= 11 is 0. The quantitative estimate of drug-likeness (QED) is 0.624. The lowest BCUT2D eigenvalue weighted by Gasteiger charge is -2.06. The Morgan fingerprint density at radius 3 is 2.50 bits per heavy atom. The van der Waals surface area contributed by atoms with E-state index in [1.807, 2.05) is 0 Å². The normalized spacial score (nSPS) is 9.94. The zero-order chi connectivity index (χ0) is 13.8. The van der Waals surface area contributed by atoms with Crippen LogP contribution in [0.15, 0.2) is 34.9 Å². The fourth-order valence-electron chi connectivity index (χ4n) is 1.10. The van der Waals surface area contributed by atoms with E-state index < -0.39 is 9.84 Å². The molecule has 0 aliphatic carbocycles. The molecule has 1 aromatic carbocycles. The van der Waals surface area contributed by atoms with Crippen LogP contribution in [-0.4, -0.2) is 19.8 Å². The number of allylic oxidation sites excluding steroid dienone is 1. The number of aromatic hydroxyl groups is 1. The Kier molecular flexibility index (Phi) is 3.93. The van der Waals surface area contributed by atoms with Gasteiger partial charge in [-0.1, -0.05) is 0 Å². The number of nitrogens with one attached hydrogen (secondary N) is 1. The van der Waals surface area contributed by atoms with Crippen LogP contribution in [0.25, 0.3) is 0 Å². The number of sulfone groups is 1. The van der Waals surface area contributed by atoms with Gasteiger partial charge in [0.25, 0.3) is 0 Å². The lowest BCUT2D eigenvalue weighted by atomic mass is 10.3. The van der Waals surface area contributed by atoms with Gasteiger partial charge in [0.2, 0.25) is 0 Å². The van der Waals surface area contributed by atoms with E-state index >= 15 is 0 Å². The SMILES string of the molecule is CS(=O)(=O)c1ccc(O)c(NC=C(C#N)C#N)c1. The first-order valence-corrected chi connectivity index (χ1v) is 6.57. The van der Waals surface area contributed by atoms with Crippen LogP contribution < -0.4 is 5.32 Å². The van der Waals surface area contributed by atoms with Gasteiger partial charge in [0, 0.05) is 12.5 Å². The van der Waals surface area contributed by atoms with Crippen LogP contribution in [-0.2, 0) is 9.84 Å². The van der Waals surface area contributed by atoms with Crippen LogP contribution in [0.5, 0.6) is 5.75 Å². The van der Waals surface area contributed by atoms with E-state index in [1.54, 1.807) is 12.1 Å². The molecule has 6 nitrogen and oxygen atoms in total. The van der Waals surface area contributed by atoms with Crippen molar-refractivity contribution in [3.63, 3.8) is 0 Å². The third-order valence-corrected chi connectivity index (χ3v) is 3.12. The maximum absolute atomic E-state index is 11.3. The van der Waals surface area contributed by atoms with Gasteiger partial charge < -0.3 is 10.4 Å². The van der Waals surface area contributed by atoms with E-state index in [2.05, 4.69) is 5.32 Å². The first-order valence-electron chi connectivity index (χ1n) is 4.68. The van der Waals surface area contributed by atoms with Gasteiger partial charge in [-0.25, -0.2) is 8.42 Å². The van der Waals surface area contributed by atoms with Crippen molar-refractivity contribution in [2.24, 2.45) is 0 Å². The Morgan fingerprint density at radius 1 is 1.39 bits per heavy atom. The monoisotopic (exact) mass is 263 g/mol. The van der Waals surface area contributed by atoms with Gasteiger partial charge >= 0.3 is 0 Å². The zero-order valence-corrected chi connectivity index (χ0v) is 10.2. The van der Waals surface area contributed by atoms with Crippen LogP contribution in [0.4, 0.5) is 5.69 Å². The summed E-state index contributed by atoms with van der Waals surface area (Å²) in [6.07, 6.45) is 2.12. The highest BCUT2D eigenvalue weighted by Crippen LogP contribution is 2.26. The summed E-state index contributed by atoms with van der Waals surface area (Å²) < 4.78 is 22.6. The second-order valence-electron chi connectivity index (χ2n) is 3.38. The van der Waals surface area contributed by atoms with Crippen LogP contribution in [0, 0.1) is 22.7 Å². The third kappa shape index (κ3) is 3.24. The lowest BCUT2D eigenvalue weighted by molar-refractivity contribution is 0.477. The first kappa shape index (κ1) is 13.6. The minimum absolute atomic E-state index is 0.0201. The summed E-state index contributed by atoms with van der Waals surface area (Å²) in [6.45, 7) is 0. The molecule has 0 aliphatic rings. The Bertz CT molecular complexity index is 662. The lowest BCUT2D eigenvalue weighted by Crippen LogP contribution is -1.98. The average Bonchev–Trinajstić information content (AvgIpc) is 2.31. The summed E-state index contributed by atoms with van der Waals surface area (Å²) in [5, 5.41) is 29.0. The molecular weight excluding hydrogens is 254 g/mol. The fraction of sp³-hybridized carbons (Fsp3) is 0.0909. The maximum Gasteiger partial charge on any atom is 0.175 e. The van der Waals surface area contributed by atoms with Gasteiger partial charge in [0.1, 0.15) is 23.5 Å². The summed E-state index contributed by atoms with van der Waals surface area (Å²) in [7, 11) is -3.39. The molecular formula is C11H9N3O3S. The van der Waals surface area contributed by atoms with Crippen molar-refractivity contribution in [2.45, 2.75) is 4.90 Å². The highest BCUT2D eigenvalue weighted by Gasteiger charge is 2.10. The number of anilines is 1. The van der Waals surface area contributed by atoms with E-state index in [1.165, 1.54) is 18.2 Å². The summed E-state index contributed by atoms with van der Waals surface area (Å²) in [6, 6.07) is 6.94. The molecule has 0 fully saturated rings. The fourth-order valence-corrected chi connectivity index (χ4v) is 1.75. The molecule has 0 radical (unpaired) electrons. The van der Waals surface area contributed by atoms with E-state index in [0.29, 0.717) is 0 Å². The molecule has 18 heavy (non-hydrogen) atoms. The van der Waals surface area contributed by atoms with Crippen molar-refractivity contribution in [1.82, 2.24) is 0 Å². The standard InChI is InChI=1S/C11H9N3O3S/c1-18(16,17)9-2-3-11(15)10(4-9)14-7-8(5-12)6-13/h2-4,7,14-15H,1H3. The molecule has 92 valence electrons. The van der Waals surface area contributed by atoms with Gasteiger partial charge in [0.15, 0.2) is 9.84 Å². The van der Waals surface area contributed by atoms with Crippen molar-refractivity contribution in [3.8, 4) is 17.9 Å². The summed E-state index contributed by atoms with van der Waals surface area (Å²) in [5.74, 6) is -0.186.